The second-order valence-corrected chi connectivity index (χ2v) is 4.93. The number of carbonyl (C=O) groups excluding carboxylic acids is 1. The Morgan fingerprint density at radius 3 is 2.41 bits per heavy atom. The standard InChI is InChI=1S/C13H19ClN2O/c1-8(2)12(15)13(17)16-9(3)10-6-4-5-7-11(10)14/h4-9,12H,15H2,1-3H3,(H,16,17)/t9-,12?/m1/s1. The molecule has 1 unspecified atom stereocenters. The molecule has 0 fully saturated rings. The van der Waals surface area contributed by atoms with Crippen molar-refractivity contribution in [2.45, 2.75) is 32.9 Å². The number of halogens is 1. The highest BCUT2D eigenvalue weighted by atomic mass is 35.5. The molecule has 94 valence electrons. The zero-order chi connectivity index (χ0) is 13.0. The van der Waals surface area contributed by atoms with Gasteiger partial charge in [0, 0.05) is 5.02 Å². The van der Waals surface area contributed by atoms with Gasteiger partial charge >= 0.3 is 0 Å². The molecule has 4 heteroatoms. The van der Waals surface area contributed by atoms with Crippen LogP contribution in [0.5, 0.6) is 0 Å². The van der Waals surface area contributed by atoms with E-state index in [0.717, 1.165) is 5.56 Å². The molecule has 3 nitrogen and oxygen atoms in total. The summed E-state index contributed by atoms with van der Waals surface area (Å²) in [5.41, 5.74) is 6.68. The number of benzene rings is 1. The molecular formula is C13H19ClN2O. The molecule has 0 bridgehead atoms. The lowest BCUT2D eigenvalue weighted by atomic mass is 10.0. The monoisotopic (exact) mass is 254 g/mol. The van der Waals surface area contributed by atoms with Gasteiger partial charge in [-0.2, -0.15) is 0 Å². The lowest BCUT2D eigenvalue weighted by molar-refractivity contribution is -0.123. The van der Waals surface area contributed by atoms with E-state index in [4.69, 9.17) is 17.3 Å². The SMILES string of the molecule is CC(C)C(N)C(=O)N[C@H](C)c1ccccc1Cl. The minimum Gasteiger partial charge on any atom is -0.348 e. The Morgan fingerprint density at radius 2 is 1.88 bits per heavy atom. The van der Waals surface area contributed by atoms with E-state index in [2.05, 4.69) is 5.32 Å². The average Bonchev–Trinajstić information content (AvgIpc) is 2.28. The van der Waals surface area contributed by atoms with Gasteiger partial charge in [-0.25, -0.2) is 0 Å². The van der Waals surface area contributed by atoms with Gasteiger partial charge in [0.1, 0.15) is 0 Å². The summed E-state index contributed by atoms with van der Waals surface area (Å²) in [6.45, 7) is 5.74. The van der Waals surface area contributed by atoms with Crippen molar-refractivity contribution in [2.24, 2.45) is 11.7 Å². The Kier molecular flexibility index (Phi) is 4.97. The molecule has 0 aromatic heterocycles. The van der Waals surface area contributed by atoms with Crippen LogP contribution >= 0.6 is 11.6 Å². The highest BCUT2D eigenvalue weighted by Gasteiger charge is 2.20. The molecule has 0 aliphatic carbocycles. The molecule has 0 saturated heterocycles. The van der Waals surface area contributed by atoms with Gasteiger partial charge in [-0.1, -0.05) is 43.6 Å². The van der Waals surface area contributed by atoms with Crippen LogP contribution in [0.2, 0.25) is 5.02 Å². The average molecular weight is 255 g/mol. The highest BCUT2D eigenvalue weighted by Crippen LogP contribution is 2.22. The maximum atomic E-state index is 11.8. The van der Waals surface area contributed by atoms with E-state index in [1.807, 2.05) is 45.0 Å². The van der Waals surface area contributed by atoms with E-state index in [-0.39, 0.29) is 17.9 Å². The first-order chi connectivity index (χ1) is 7.93. The Bertz CT molecular complexity index is 393. The highest BCUT2D eigenvalue weighted by molar-refractivity contribution is 6.31. The summed E-state index contributed by atoms with van der Waals surface area (Å²) in [6.07, 6.45) is 0. The van der Waals surface area contributed by atoms with E-state index in [1.165, 1.54) is 0 Å². The predicted molar refractivity (Wildman–Crippen MR) is 70.8 cm³/mol. The fourth-order valence-electron chi connectivity index (χ4n) is 1.52. The first kappa shape index (κ1) is 14.0. The fraction of sp³-hybridized carbons (Fsp3) is 0.462. The Hall–Kier alpha value is -1.06. The molecule has 1 rings (SSSR count). The maximum Gasteiger partial charge on any atom is 0.237 e. The minimum atomic E-state index is -0.486. The third-order valence-electron chi connectivity index (χ3n) is 2.75. The number of hydrogen-bond donors (Lipinski definition) is 2. The molecule has 3 N–H and O–H groups in total. The van der Waals surface area contributed by atoms with Gasteiger partial charge in [-0.15, -0.1) is 0 Å². The minimum absolute atomic E-state index is 0.119. The predicted octanol–water partition coefficient (Wildman–Crippen LogP) is 2.50. The molecule has 17 heavy (non-hydrogen) atoms. The van der Waals surface area contributed by atoms with Gasteiger partial charge in [0.2, 0.25) is 5.91 Å². The summed E-state index contributed by atoms with van der Waals surface area (Å²) >= 11 is 6.06. The van der Waals surface area contributed by atoms with Crippen molar-refractivity contribution in [3.05, 3.63) is 34.9 Å². The molecule has 1 aromatic rings. The summed E-state index contributed by atoms with van der Waals surface area (Å²) in [5.74, 6) is -0.0270. The first-order valence-corrected chi connectivity index (χ1v) is 6.11. The largest absolute Gasteiger partial charge is 0.348 e. The number of rotatable bonds is 4. The lowest BCUT2D eigenvalue weighted by Gasteiger charge is -2.20. The van der Waals surface area contributed by atoms with Crippen molar-refractivity contribution < 1.29 is 4.79 Å². The van der Waals surface area contributed by atoms with Crippen molar-refractivity contribution in [3.63, 3.8) is 0 Å². The van der Waals surface area contributed by atoms with Crippen LogP contribution in [0.25, 0.3) is 0 Å². The number of nitrogens with two attached hydrogens (primary N) is 1. The third-order valence-corrected chi connectivity index (χ3v) is 3.10. The maximum absolute atomic E-state index is 11.8. The summed E-state index contributed by atoms with van der Waals surface area (Å²) in [4.78, 5) is 11.8. The number of hydrogen-bond acceptors (Lipinski definition) is 2. The van der Waals surface area contributed by atoms with Gasteiger partial charge < -0.3 is 11.1 Å². The van der Waals surface area contributed by atoms with Crippen molar-refractivity contribution in [1.82, 2.24) is 5.32 Å². The molecule has 0 heterocycles. The van der Waals surface area contributed by atoms with E-state index in [9.17, 15) is 4.79 Å². The van der Waals surface area contributed by atoms with Crippen LogP contribution in [0.4, 0.5) is 0 Å². The number of carbonyl (C=O) groups is 1. The van der Waals surface area contributed by atoms with E-state index >= 15 is 0 Å². The lowest BCUT2D eigenvalue weighted by Crippen LogP contribution is -2.44. The van der Waals surface area contributed by atoms with E-state index < -0.39 is 6.04 Å². The molecule has 0 aliphatic rings. The molecule has 0 aliphatic heterocycles. The van der Waals surface area contributed by atoms with Crippen LogP contribution in [-0.4, -0.2) is 11.9 Å². The van der Waals surface area contributed by atoms with Crippen LogP contribution in [-0.2, 0) is 4.79 Å². The Labute approximate surface area is 107 Å². The van der Waals surface area contributed by atoms with Gasteiger partial charge in [-0.05, 0) is 24.5 Å². The van der Waals surface area contributed by atoms with Gasteiger partial charge in [0.15, 0.2) is 0 Å². The van der Waals surface area contributed by atoms with Crippen LogP contribution in [0.1, 0.15) is 32.4 Å². The van der Waals surface area contributed by atoms with Crippen LogP contribution < -0.4 is 11.1 Å². The first-order valence-electron chi connectivity index (χ1n) is 5.74. The molecule has 1 amide bonds. The molecule has 0 radical (unpaired) electrons. The second-order valence-electron chi connectivity index (χ2n) is 4.52. The summed E-state index contributed by atoms with van der Waals surface area (Å²) < 4.78 is 0. The zero-order valence-corrected chi connectivity index (χ0v) is 11.2. The quantitative estimate of drug-likeness (QED) is 0.868. The van der Waals surface area contributed by atoms with E-state index in [0.29, 0.717) is 5.02 Å². The Morgan fingerprint density at radius 1 is 1.29 bits per heavy atom. The molecule has 0 spiro atoms. The molecule has 2 atom stereocenters. The van der Waals surface area contributed by atoms with Crippen LogP contribution in [0.3, 0.4) is 0 Å². The fourth-order valence-corrected chi connectivity index (χ4v) is 1.82. The van der Waals surface area contributed by atoms with Crippen LogP contribution in [0.15, 0.2) is 24.3 Å². The van der Waals surface area contributed by atoms with E-state index in [1.54, 1.807) is 0 Å². The zero-order valence-electron chi connectivity index (χ0n) is 10.4. The van der Waals surface area contributed by atoms with Crippen molar-refractivity contribution in [3.8, 4) is 0 Å². The van der Waals surface area contributed by atoms with Gasteiger partial charge in [0.25, 0.3) is 0 Å². The van der Waals surface area contributed by atoms with Crippen molar-refractivity contribution >= 4 is 17.5 Å². The smallest absolute Gasteiger partial charge is 0.237 e. The molecular weight excluding hydrogens is 236 g/mol. The normalized spacial score (nSPS) is 14.5. The van der Waals surface area contributed by atoms with Crippen molar-refractivity contribution in [1.29, 1.82) is 0 Å². The topological polar surface area (TPSA) is 55.1 Å². The third kappa shape index (κ3) is 3.72. The number of amides is 1. The van der Waals surface area contributed by atoms with Crippen LogP contribution in [0, 0.1) is 5.92 Å². The number of nitrogens with one attached hydrogen (secondary N) is 1. The Balaban J connectivity index is 2.70. The summed E-state index contributed by atoms with van der Waals surface area (Å²) in [6, 6.07) is 6.84. The summed E-state index contributed by atoms with van der Waals surface area (Å²) in [5, 5.41) is 3.52. The molecule has 1 aromatic carbocycles. The van der Waals surface area contributed by atoms with Gasteiger partial charge in [-0.3, -0.25) is 4.79 Å². The van der Waals surface area contributed by atoms with Crippen molar-refractivity contribution in [2.75, 3.05) is 0 Å². The second kappa shape index (κ2) is 6.03. The molecule has 0 saturated carbocycles. The van der Waals surface area contributed by atoms with Gasteiger partial charge in [0.05, 0.1) is 12.1 Å². The summed E-state index contributed by atoms with van der Waals surface area (Å²) in [7, 11) is 0.